The molecular formula is C14H17N3O. The van der Waals surface area contributed by atoms with Gasteiger partial charge in [-0.3, -0.25) is 4.79 Å². The maximum absolute atomic E-state index is 11.8. The Labute approximate surface area is 106 Å². The molecule has 0 unspecified atom stereocenters. The quantitative estimate of drug-likeness (QED) is 0.839. The molecule has 0 radical (unpaired) electrons. The van der Waals surface area contributed by atoms with E-state index in [1.165, 1.54) is 0 Å². The van der Waals surface area contributed by atoms with Crippen molar-refractivity contribution in [2.45, 2.75) is 19.9 Å². The number of amides is 1. The van der Waals surface area contributed by atoms with Gasteiger partial charge in [-0.1, -0.05) is 6.08 Å². The molecule has 0 bridgehead atoms. The van der Waals surface area contributed by atoms with Crippen molar-refractivity contribution in [3.63, 3.8) is 0 Å². The summed E-state index contributed by atoms with van der Waals surface area (Å²) in [5.74, 6) is -0.101. The Morgan fingerprint density at radius 1 is 1.56 bits per heavy atom. The number of carbonyl (C=O) groups is 1. The van der Waals surface area contributed by atoms with Crippen LogP contribution in [-0.4, -0.2) is 22.0 Å². The average molecular weight is 243 g/mol. The van der Waals surface area contributed by atoms with Crippen LogP contribution < -0.4 is 5.32 Å². The normalized spacial score (nSPS) is 10.8. The Morgan fingerprint density at radius 2 is 2.33 bits per heavy atom. The van der Waals surface area contributed by atoms with Crippen molar-refractivity contribution in [2.24, 2.45) is 0 Å². The summed E-state index contributed by atoms with van der Waals surface area (Å²) >= 11 is 0. The maximum Gasteiger partial charge on any atom is 0.251 e. The average Bonchev–Trinajstić information content (AvgIpc) is 2.78. The summed E-state index contributed by atoms with van der Waals surface area (Å²) in [5, 5.41) is 2.75. The smallest absolute Gasteiger partial charge is 0.251 e. The monoisotopic (exact) mass is 243 g/mol. The molecule has 2 rings (SSSR count). The zero-order chi connectivity index (χ0) is 13.1. The van der Waals surface area contributed by atoms with Crippen molar-refractivity contribution in [2.75, 3.05) is 6.54 Å². The van der Waals surface area contributed by atoms with E-state index in [0.717, 1.165) is 11.0 Å². The molecule has 4 nitrogen and oxygen atoms in total. The first-order valence-electron chi connectivity index (χ1n) is 5.99. The molecule has 0 saturated heterocycles. The molecule has 1 N–H and O–H groups in total. The molecule has 1 heterocycles. The van der Waals surface area contributed by atoms with Gasteiger partial charge >= 0.3 is 0 Å². The molecule has 94 valence electrons. The summed E-state index contributed by atoms with van der Waals surface area (Å²) in [6.45, 7) is 8.24. The van der Waals surface area contributed by atoms with Crippen molar-refractivity contribution in [1.29, 1.82) is 0 Å². The molecule has 4 heteroatoms. The summed E-state index contributed by atoms with van der Waals surface area (Å²) in [6, 6.07) is 5.93. The van der Waals surface area contributed by atoms with Crippen molar-refractivity contribution >= 4 is 16.9 Å². The number of imidazole rings is 1. The second-order valence-corrected chi connectivity index (χ2v) is 4.45. The number of aromatic nitrogens is 2. The Morgan fingerprint density at radius 3 is 3.00 bits per heavy atom. The number of nitrogens with zero attached hydrogens (tertiary/aromatic N) is 2. The minimum atomic E-state index is -0.101. The van der Waals surface area contributed by atoms with Gasteiger partial charge in [0.2, 0.25) is 0 Å². The van der Waals surface area contributed by atoms with E-state index in [2.05, 4.69) is 35.3 Å². The molecular weight excluding hydrogens is 226 g/mol. The van der Waals surface area contributed by atoms with Gasteiger partial charge in [0.1, 0.15) is 0 Å². The molecule has 18 heavy (non-hydrogen) atoms. The number of nitrogens with one attached hydrogen (secondary N) is 1. The SMILES string of the molecule is C=CCNC(=O)c1ccc2c(c1)ncn2C(C)C. The van der Waals surface area contributed by atoms with Crippen molar-refractivity contribution in [3.05, 3.63) is 42.7 Å². The highest BCUT2D eigenvalue weighted by molar-refractivity contribution is 5.97. The molecule has 1 aromatic heterocycles. The van der Waals surface area contributed by atoms with E-state index in [9.17, 15) is 4.79 Å². The summed E-state index contributed by atoms with van der Waals surface area (Å²) in [6.07, 6.45) is 3.46. The van der Waals surface area contributed by atoms with Gasteiger partial charge in [0.05, 0.1) is 17.4 Å². The van der Waals surface area contributed by atoms with Crippen LogP contribution in [0.5, 0.6) is 0 Å². The van der Waals surface area contributed by atoms with Crippen LogP contribution in [-0.2, 0) is 0 Å². The van der Waals surface area contributed by atoms with Crippen molar-refractivity contribution in [1.82, 2.24) is 14.9 Å². The molecule has 2 aromatic rings. The highest BCUT2D eigenvalue weighted by atomic mass is 16.1. The Balaban J connectivity index is 2.34. The van der Waals surface area contributed by atoms with E-state index >= 15 is 0 Å². The minimum absolute atomic E-state index is 0.101. The second-order valence-electron chi connectivity index (χ2n) is 4.45. The van der Waals surface area contributed by atoms with Gasteiger partial charge in [-0.2, -0.15) is 0 Å². The molecule has 0 aliphatic rings. The Kier molecular flexibility index (Phi) is 3.46. The van der Waals surface area contributed by atoms with E-state index in [1.54, 1.807) is 12.4 Å². The zero-order valence-corrected chi connectivity index (χ0v) is 10.7. The van der Waals surface area contributed by atoms with Crippen LogP contribution >= 0.6 is 0 Å². The Hall–Kier alpha value is -2.10. The van der Waals surface area contributed by atoms with Gasteiger partial charge in [-0.15, -0.1) is 6.58 Å². The third-order valence-corrected chi connectivity index (χ3v) is 2.80. The van der Waals surface area contributed by atoms with Gasteiger partial charge in [0.15, 0.2) is 0 Å². The topological polar surface area (TPSA) is 46.9 Å². The summed E-state index contributed by atoms with van der Waals surface area (Å²) < 4.78 is 2.08. The van der Waals surface area contributed by atoms with Gasteiger partial charge in [-0.05, 0) is 32.0 Å². The minimum Gasteiger partial charge on any atom is -0.349 e. The predicted octanol–water partition coefficient (Wildman–Crippen LogP) is 2.53. The first-order valence-corrected chi connectivity index (χ1v) is 5.99. The van der Waals surface area contributed by atoms with Gasteiger partial charge in [-0.25, -0.2) is 4.98 Å². The summed E-state index contributed by atoms with van der Waals surface area (Å²) in [4.78, 5) is 16.1. The first-order chi connectivity index (χ1) is 8.63. The van der Waals surface area contributed by atoms with Crippen LogP contribution in [0.25, 0.3) is 11.0 Å². The lowest BCUT2D eigenvalue weighted by Crippen LogP contribution is -2.23. The lowest BCUT2D eigenvalue weighted by molar-refractivity contribution is 0.0958. The van der Waals surface area contributed by atoms with Crippen LogP contribution in [0.1, 0.15) is 30.2 Å². The summed E-state index contributed by atoms with van der Waals surface area (Å²) in [5.41, 5.74) is 2.51. The molecule has 0 spiro atoms. The molecule has 1 aromatic carbocycles. The van der Waals surface area contributed by atoms with E-state index in [1.807, 2.05) is 18.2 Å². The maximum atomic E-state index is 11.8. The van der Waals surface area contributed by atoms with Crippen LogP contribution in [0.4, 0.5) is 0 Å². The Bertz CT molecular complexity index is 584. The number of rotatable bonds is 4. The molecule has 0 fully saturated rings. The predicted molar refractivity (Wildman–Crippen MR) is 72.6 cm³/mol. The van der Waals surface area contributed by atoms with Crippen LogP contribution in [0, 0.1) is 0 Å². The lowest BCUT2D eigenvalue weighted by atomic mass is 10.2. The lowest BCUT2D eigenvalue weighted by Gasteiger charge is -2.08. The van der Waals surface area contributed by atoms with Gasteiger partial charge < -0.3 is 9.88 Å². The number of benzene rings is 1. The molecule has 0 saturated carbocycles. The highest BCUT2D eigenvalue weighted by Crippen LogP contribution is 2.18. The molecule has 1 amide bonds. The zero-order valence-electron chi connectivity index (χ0n) is 10.7. The van der Waals surface area contributed by atoms with E-state index < -0.39 is 0 Å². The van der Waals surface area contributed by atoms with E-state index in [-0.39, 0.29) is 5.91 Å². The summed E-state index contributed by atoms with van der Waals surface area (Å²) in [7, 11) is 0. The van der Waals surface area contributed by atoms with Crippen molar-refractivity contribution < 1.29 is 4.79 Å². The number of hydrogen-bond acceptors (Lipinski definition) is 2. The molecule has 0 atom stereocenters. The van der Waals surface area contributed by atoms with Crippen LogP contribution in [0.15, 0.2) is 37.2 Å². The third-order valence-electron chi connectivity index (χ3n) is 2.80. The third kappa shape index (κ3) is 2.27. The van der Waals surface area contributed by atoms with Gasteiger partial charge in [0, 0.05) is 18.2 Å². The fourth-order valence-corrected chi connectivity index (χ4v) is 1.85. The fraction of sp³-hybridized carbons (Fsp3) is 0.286. The van der Waals surface area contributed by atoms with Gasteiger partial charge in [0.25, 0.3) is 5.91 Å². The second kappa shape index (κ2) is 5.04. The van der Waals surface area contributed by atoms with Crippen molar-refractivity contribution in [3.8, 4) is 0 Å². The first kappa shape index (κ1) is 12.4. The van der Waals surface area contributed by atoms with E-state index in [4.69, 9.17) is 0 Å². The van der Waals surface area contributed by atoms with E-state index in [0.29, 0.717) is 18.2 Å². The van der Waals surface area contributed by atoms with Crippen LogP contribution in [0.3, 0.4) is 0 Å². The highest BCUT2D eigenvalue weighted by Gasteiger charge is 2.09. The number of carbonyl (C=O) groups excluding carboxylic acids is 1. The largest absolute Gasteiger partial charge is 0.349 e. The molecule has 0 aliphatic carbocycles. The van der Waals surface area contributed by atoms with Crippen LogP contribution in [0.2, 0.25) is 0 Å². The number of fused-ring (bicyclic) bond motifs is 1. The molecule has 0 aliphatic heterocycles. The fourth-order valence-electron chi connectivity index (χ4n) is 1.85. The number of hydrogen-bond donors (Lipinski definition) is 1. The standard InChI is InChI=1S/C14H17N3O/c1-4-7-15-14(18)11-5-6-13-12(8-11)16-9-17(13)10(2)3/h4-6,8-10H,1,7H2,2-3H3,(H,15,18).